The minimum Gasteiger partial charge on any atom is -0.493 e. The Kier molecular flexibility index (Phi) is 4.62. The maximum atomic E-state index is 15.1. The Morgan fingerprint density at radius 1 is 1.03 bits per heavy atom. The van der Waals surface area contributed by atoms with Crippen LogP contribution >= 0.6 is 0 Å². The highest BCUT2D eigenvalue weighted by molar-refractivity contribution is 5.71. The fourth-order valence-electron chi connectivity index (χ4n) is 3.86. The van der Waals surface area contributed by atoms with E-state index in [1.165, 1.54) is 37.3 Å². The minimum absolute atomic E-state index is 0.0153. The van der Waals surface area contributed by atoms with Crippen molar-refractivity contribution in [3.8, 4) is 28.4 Å². The van der Waals surface area contributed by atoms with Crippen molar-refractivity contribution in [1.82, 2.24) is 9.97 Å². The molecule has 1 aromatic heterocycles. The smallest absolute Gasteiger partial charge is 0.170 e. The zero-order valence-corrected chi connectivity index (χ0v) is 17.9. The number of benzene rings is 2. The van der Waals surface area contributed by atoms with Crippen LogP contribution in [0.25, 0.3) is 11.1 Å². The summed E-state index contributed by atoms with van der Waals surface area (Å²) in [4.78, 5) is 12.5. The van der Waals surface area contributed by atoms with Gasteiger partial charge in [0.25, 0.3) is 0 Å². The van der Waals surface area contributed by atoms with Crippen LogP contribution in [-0.2, 0) is 10.3 Å². The lowest BCUT2D eigenvalue weighted by Crippen LogP contribution is -2.32. The Morgan fingerprint density at radius 3 is 2.50 bits per heavy atom. The second-order valence-electron chi connectivity index (χ2n) is 9.09. The largest absolute Gasteiger partial charge is 0.493 e. The fourth-order valence-corrected chi connectivity index (χ4v) is 3.86. The number of nitrogens with zero attached hydrogens (tertiary/aromatic N) is 3. The van der Waals surface area contributed by atoms with Crippen molar-refractivity contribution in [3.05, 3.63) is 65.7 Å². The number of hydrogen-bond acceptors (Lipinski definition) is 6. The van der Waals surface area contributed by atoms with Crippen LogP contribution in [0.5, 0.6) is 17.2 Å². The molecule has 0 saturated carbocycles. The first-order chi connectivity index (χ1) is 15.3. The number of aliphatic imine (C=N–C) groups is 1. The Hall–Kier alpha value is -3.55. The average Bonchev–Trinajstić information content (AvgIpc) is 3.23. The molecule has 3 heterocycles. The van der Waals surface area contributed by atoms with Crippen molar-refractivity contribution in [2.45, 2.75) is 26.3 Å². The van der Waals surface area contributed by atoms with Crippen molar-refractivity contribution in [2.75, 3.05) is 13.2 Å². The highest BCUT2D eigenvalue weighted by Gasteiger charge is 2.47. The highest BCUT2D eigenvalue weighted by Crippen LogP contribution is 2.53. The molecular weight excluding hydrogens is 416 g/mol. The Morgan fingerprint density at radius 2 is 1.81 bits per heavy atom. The van der Waals surface area contributed by atoms with Gasteiger partial charge in [-0.2, -0.15) is 0 Å². The fraction of sp³-hybridized carbons (Fsp3) is 0.292. The number of rotatable bonds is 3. The van der Waals surface area contributed by atoms with Gasteiger partial charge in [-0.25, -0.2) is 23.7 Å². The molecule has 32 heavy (non-hydrogen) atoms. The quantitative estimate of drug-likeness (QED) is 0.560. The molecule has 0 unspecified atom stereocenters. The van der Waals surface area contributed by atoms with Crippen molar-refractivity contribution >= 4 is 6.40 Å². The maximum Gasteiger partial charge on any atom is 0.170 e. The van der Waals surface area contributed by atoms with E-state index in [-0.39, 0.29) is 23.5 Å². The van der Waals surface area contributed by atoms with E-state index in [4.69, 9.17) is 14.2 Å². The molecule has 0 fully saturated rings. The van der Waals surface area contributed by atoms with Crippen LogP contribution in [0.15, 0.2) is 48.0 Å². The van der Waals surface area contributed by atoms with E-state index >= 15 is 4.39 Å². The molecule has 0 amide bonds. The van der Waals surface area contributed by atoms with E-state index in [9.17, 15) is 4.39 Å². The molecule has 0 N–H and O–H groups in total. The minimum atomic E-state index is -1.09. The standard InChI is InChI=1S/C24H21F2N3O3/c1-23(2,3)10-31-15-4-18-22(20(26)5-15)32-21-7-19(25)16(14-8-27-12-28-9-14)6-17(21)24(18)11-30-13-29-24/h4-9,12-13H,10-11H2,1-3H3/t24-/m1/s1. The lowest BCUT2D eigenvalue weighted by molar-refractivity contribution is 0.196. The third-order valence-corrected chi connectivity index (χ3v) is 5.37. The van der Waals surface area contributed by atoms with Gasteiger partial charge < -0.3 is 14.2 Å². The number of ether oxygens (including phenoxy) is 3. The summed E-state index contributed by atoms with van der Waals surface area (Å²) < 4.78 is 47.3. The van der Waals surface area contributed by atoms with E-state index < -0.39 is 17.2 Å². The van der Waals surface area contributed by atoms with Gasteiger partial charge >= 0.3 is 0 Å². The molecule has 8 heteroatoms. The van der Waals surface area contributed by atoms with Crippen LogP contribution in [0.1, 0.15) is 31.9 Å². The first kappa shape index (κ1) is 20.4. The molecule has 1 spiro atoms. The van der Waals surface area contributed by atoms with Crippen molar-refractivity contribution in [1.29, 1.82) is 0 Å². The molecular formula is C24H21F2N3O3. The van der Waals surface area contributed by atoms with Gasteiger partial charge in [-0.05, 0) is 17.5 Å². The SMILES string of the molecule is CC(C)(C)COc1cc(F)c2c(c1)[C@@]1(COC=N1)c1cc(-c3cncnc3)c(F)cc1O2. The first-order valence-electron chi connectivity index (χ1n) is 10.2. The normalized spacial score (nSPS) is 18.7. The van der Waals surface area contributed by atoms with Crippen LogP contribution in [0, 0.1) is 17.0 Å². The maximum absolute atomic E-state index is 15.1. The van der Waals surface area contributed by atoms with Crippen molar-refractivity contribution < 1.29 is 23.0 Å². The van der Waals surface area contributed by atoms with Gasteiger partial charge in [0.2, 0.25) is 0 Å². The molecule has 2 aliphatic heterocycles. The van der Waals surface area contributed by atoms with Gasteiger partial charge in [-0.1, -0.05) is 20.8 Å². The predicted octanol–water partition coefficient (Wildman–Crippen LogP) is 5.25. The molecule has 0 bridgehead atoms. The molecule has 6 nitrogen and oxygen atoms in total. The van der Waals surface area contributed by atoms with Crippen molar-refractivity contribution in [3.63, 3.8) is 0 Å². The summed E-state index contributed by atoms with van der Waals surface area (Å²) in [5, 5.41) is 0. The van der Waals surface area contributed by atoms with E-state index in [0.717, 1.165) is 0 Å². The molecule has 1 atom stereocenters. The van der Waals surface area contributed by atoms with E-state index in [0.29, 0.717) is 34.6 Å². The molecule has 2 aromatic carbocycles. The molecule has 164 valence electrons. The van der Waals surface area contributed by atoms with Gasteiger partial charge in [-0.15, -0.1) is 0 Å². The van der Waals surface area contributed by atoms with E-state index in [1.54, 1.807) is 12.1 Å². The van der Waals surface area contributed by atoms with Crippen LogP contribution in [0.2, 0.25) is 0 Å². The number of hydrogen-bond donors (Lipinski definition) is 0. The third kappa shape index (κ3) is 3.36. The zero-order chi connectivity index (χ0) is 22.5. The molecule has 0 radical (unpaired) electrons. The zero-order valence-electron chi connectivity index (χ0n) is 17.9. The summed E-state index contributed by atoms with van der Waals surface area (Å²) in [5.41, 5.74) is 0.619. The van der Waals surface area contributed by atoms with Gasteiger partial charge in [-0.3, -0.25) is 0 Å². The molecule has 3 aromatic rings. The highest BCUT2D eigenvalue weighted by atomic mass is 19.1. The number of fused-ring (bicyclic) bond motifs is 4. The lowest BCUT2D eigenvalue weighted by Gasteiger charge is -2.34. The van der Waals surface area contributed by atoms with E-state index in [2.05, 4.69) is 15.0 Å². The monoisotopic (exact) mass is 437 g/mol. The third-order valence-electron chi connectivity index (χ3n) is 5.37. The van der Waals surface area contributed by atoms with Gasteiger partial charge in [0.1, 0.15) is 30.3 Å². The first-order valence-corrected chi connectivity index (χ1v) is 10.2. The second kappa shape index (κ2) is 7.25. The van der Waals surface area contributed by atoms with Crippen LogP contribution < -0.4 is 9.47 Å². The Bertz CT molecular complexity index is 1230. The molecule has 5 rings (SSSR count). The molecule has 0 saturated heterocycles. The van der Waals surface area contributed by atoms with Crippen LogP contribution in [0.4, 0.5) is 8.78 Å². The van der Waals surface area contributed by atoms with Gasteiger partial charge in [0.05, 0.1) is 6.61 Å². The summed E-state index contributed by atoms with van der Waals surface area (Å²) in [6.45, 7) is 6.61. The summed E-state index contributed by atoms with van der Waals surface area (Å²) in [5.74, 6) is -0.618. The summed E-state index contributed by atoms with van der Waals surface area (Å²) in [6, 6.07) is 5.86. The lowest BCUT2D eigenvalue weighted by atomic mass is 9.80. The molecule has 0 aliphatic carbocycles. The Labute approximate surface area is 183 Å². The predicted molar refractivity (Wildman–Crippen MR) is 114 cm³/mol. The van der Waals surface area contributed by atoms with Gasteiger partial charge in [0.15, 0.2) is 23.5 Å². The summed E-state index contributed by atoms with van der Waals surface area (Å²) >= 11 is 0. The van der Waals surface area contributed by atoms with Gasteiger partial charge in [0, 0.05) is 46.8 Å². The van der Waals surface area contributed by atoms with E-state index in [1.807, 2.05) is 20.8 Å². The summed E-state index contributed by atoms with van der Waals surface area (Å²) in [7, 11) is 0. The topological polar surface area (TPSA) is 65.8 Å². The number of aromatic nitrogens is 2. The second-order valence-corrected chi connectivity index (χ2v) is 9.09. The Balaban J connectivity index is 1.67. The average molecular weight is 437 g/mol. The van der Waals surface area contributed by atoms with Crippen LogP contribution in [0.3, 0.4) is 0 Å². The number of halogens is 2. The van der Waals surface area contributed by atoms with Crippen molar-refractivity contribution in [2.24, 2.45) is 10.4 Å². The van der Waals surface area contributed by atoms with Crippen LogP contribution in [-0.4, -0.2) is 29.6 Å². The molecule has 2 aliphatic rings. The summed E-state index contributed by atoms with van der Waals surface area (Å²) in [6.07, 6.45) is 5.75.